The molecular weight excluding hydrogens is 452 g/mol. The summed E-state index contributed by atoms with van der Waals surface area (Å²) in [5.74, 6) is -2.77. The van der Waals surface area contributed by atoms with Crippen molar-refractivity contribution in [2.75, 3.05) is 13.7 Å². The number of esters is 3. The molecule has 1 aromatic carbocycles. The zero-order valence-corrected chi connectivity index (χ0v) is 21.3. The van der Waals surface area contributed by atoms with Crippen LogP contribution >= 0.6 is 0 Å². The van der Waals surface area contributed by atoms with Crippen molar-refractivity contribution >= 4 is 35.1 Å². The molecule has 9 nitrogen and oxygen atoms in total. The van der Waals surface area contributed by atoms with E-state index in [2.05, 4.69) is 9.73 Å². The Labute approximate surface area is 205 Å². The van der Waals surface area contributed by atoms with E-state index in [4.69, 9.17) is 9.47 Å². The number of nitrogens with zero attached hydrogens (tertiary/aromatic N) is 2. The van der Waals surface area contributed by atoms with E-state index >= 15 is 0 Å². The van der Waals surface area contributed by atoms with Gasteiger partial charge in [-0.3, -0.25) is 14.1 Å². The van der Waals surface area contributed by atoms with Crippen LogP contribution in [0, 0.1) is 0 Å². The third-order valence-electron chi connectivity index (χ3n) is 5.67. The smallest absolute Gasteiger partial charge is 0.381 e. The van der Waals surface area contributed by atoms with E-state index in [-0.39, 0.29) is 23.2 Å². The number of ketones is 1. The first-order valence-electron chi connectivity index (χ1n) is 11.5. The number of para-hydroxylation sites is 1. The second-order valence-corrected chi connectivity index (χ2v) is 10.7. The molecule has 188 valence electrons. The highest BCUT2D eigenvalue weighted by molar-refractivity contribution is 6.67. The summed E-state index contributed by atoms with van der Waals surface area (Å²) < 4.78 is 15.8. The summed E-state index contributed by atoms with van der Waals surface area (Å²) in [7, 11) is 1.13. The zero-order valence-electron chi connectivity index (χ0n) is 21.3. The third kappa shape index (κ3) is 5.51. The van der Waals surface area contributed by atoms with Crippen molar-refractivity contribution in [3.63, 3.8) is 0 Å². The Balaban J connectivity index is 2.12. The lowest BCUT2D eigenvalue weighted by Crippen LogP contribution is -2.56. The monoisotopic (exact) mass is 485 g/mol. The summed E-state index contributed by atoms with van der Waals surface area (Å²) in [6, 6.07) is 4.58. The molecule has 0 saturated carbocycles. The van der Waals surface area contributed by atoms with Gasteiger partial charge < -0.3 is 14.2 Å². The largest absolute Gasteiger partial charge is 0.463 e. The number of hydrogen-bond donors (Lipinski definition) is 0. The lowest BCUT2D eigenvalue weighted by atomic mass is 10.00. The Morgan fingerprint density at radius 1 is 1.03 bits per heavy atom. The molecular formula is C26H33N2O7+. The number of Topliss-reactive ketones (excluding diaryl/α,β-unsaturated/α-hetero) is 1. The van der Waals surface area contributed by atoms with E-state index in [9.17, 15) is 19.2 Å². The molecule has 0 amide bonds. The van der Waals surface area contributed by atoms with Crippen molar-refractivity contribution in [2.24, 2.45) is 4.99 Å². The van der Waals surface area contributed by atoms with E-state index in [1.807, 2.05) is 6.07 Å². The minimum absolute atomic E-state index is 0.00889. The number of aliphatic imine (C=N–C) groups is 1. The van der Waals surface area contributed by atoms with Gasteiger partial charge in [-0.05, 0) is 47.6 Å². The van der Waals surface area contributed by atoms with Crippen LogP contribution in [0.15, 0.2) is 35.6 Å². The number of carbonyl (C=O) groups excluding carboxylic acids is 4. The van der Waals surface area contributed by atoms with Crippen molar-refractivity contribution in [1.82, 2.24) is 4.48 Å². The number of ether oxygens (including phenoxy) is 3. The number of benzene rings is 1. The number of methoxy groups -OCH3 is 1. The van der Waals surface area contributed by atoms with Crippen LogP contribution in [0.4, 0.5) is 5.69 Å². The van der Waals surface area contributed by atoms with Gasteiger partial charge in [0, 0.05) is 12.0 Å². The Bertz CT molecular complexity index is 1120. The maximum Gasteiger partial charge on any atom is 0.381 e. The summed E-state index contributed by atoms with van der Waals surface area (Å²) in [6.07, 6.45) is 3.43. The number of hydrogen-bond acceptors (Lipinski definition) is 8. The maximum atomic E-state index is 13.4. The summed E-state index contributed by atoms with van der Waals surface area (Å²) >= 11 is 0. The highest BCUT2D eigenvalue weighted by Crippen LogP contribution is 2.45. The first-order chi connectivity index (χ1) is 16.2. The minimum atomic E-state index is -1.04. The van der Waals surface area contributed by atoms with E-state index in [1.165, 1.54) is 6.20 Å². The van der Waals surface area contributed by atoms with Crippen LogP contribution in [0.25, 0.3) is 0 Å². The molecule has 2 aliphatic heterocycles. The molecule has 0 saturated heterocycles. The molecule has 2 atom stereocenters. The van der Waals surface area contributed by atoms with Crippen LogP contribution < -0.4 is 4.48 Å². The van der Waals surface area contributed by atoms with Gasteiger partial charge in [0.05, 0.1) is 31.8 Å². The van der Waals surface area contributed by atoms with Crippen LogP contribution in [0.1, 0.15) is 59.1 Å². The second-order valence-electron chi connectivity index (χ2n) is 10.7. The average molecular weight is 486 g/mol. The molecule has 0 radical (unpaired) electrons. The SMILES string of the molecule is COC(=O)C(=O)C1=NC=C[N@+]2(CCC(=O)OC(C)(C)C)c3c(cccc31)CC2C(=O)OC(C)(C)C. The summed E-state index contributed by atoms with van der Waals surface area (Å²) in [6.45, 7) is 10.9. The molecule has 0 bridgehead atoms. The normalized spacial score (nSPS) is 20.9. The highest BCUT2D eigenvalue weighted by Gasteiger charge is 2.54. The van der Waals surface area contributed by atoms with Gasteiger partial charge in [-0.2, -0.15) is 0 Å². The lowest BCUT2D eigenvalue weighted by molar-refractivity contribution is -0.161. The fourth-order valence-corrected chi connectivity index (χ4v) is 4.46. The van der Waals surface area contributed by atoms with Crippen molar-refractivity contribution < 1.29 is 33.4 Å². The van der Waals surface area contributed by atoms with Gasteiger partial charge in [-0.25, -0.2) is 14.6 Å². The quantitative estimate of drug-likeness (QED) is 0.264. The van der Waals surface area contributed by atoms with Gasteiger partial charge in [-0.15, -0.1) is 0 Å². The molecule has 2 aliphatic rings. The summed E-state index contributed by atoms with van der Waals surface area (Å²) in [5.41, 5.74) is 0.400. The molecule has 9 heteroatoms. The van der Waals surface area contributed by atoms with Gasteiger partial charge in [0.1, 0.15) is 23.1 Å². The molecule has 1 unspecified atom stereocenters. The van der Waals surface area contributed by atoms with E-state index in [1.54, 1.807) is 59.9 Å². The number of quaternary nitrogens is 1. The standard InChI is InChI=1S/C26H33N2O7/c1-25(2,3)34-19(29)11-13-28-14-12-27-20(22(30)24(32)33-7)17-10-8-9-16(21(17)28)15-18(28)23(31)35-26(4,5)6/h8-10,12,14,18H,11,13,15H2,1-7H3/q+1/t18?,28-/m0/s1. The molecule has 35 heavy (non-hydrogen) atoms. The molecule has 0 spiro atoms. The van der Waals surface area contributed by atoms with Crippen LogP contribution in [0.3, 0.4) is 0 Å². The van der Waals surface area contributed by atoms with Crippen molar-refractivity contribution in [3.8, 4) is 0 Å². The Hall–Kier alpha value is -3.33. The van der Waals surface area contributed by atoms with Crippen LogP contribution in [0.2, 0.25) is 0 Å². The molecule has 0 fully saturated rings. The maximum absolute atomic E-state index is 13.4. The van der Waals surface area contributed by atoms with Crippen LogP contribution in [-0.4, -0.2) is 60.3 Å². The van der Waals surface area contributed by atoms with Crippen molar-refractivity contribution in [1.29, 1.82) is 0 Å². The molecule has 0 N–H and O–H groups in total. The van der Waals surface area contributed by atoms with Crippen molar-refractivity contribution in [3.05, 3.63) is 41.7 Å². The van der Waals surface area contributed by atoms with E-state index < -0.39 is 40.9 Å². The third-order valence-corrected chi connectivity index (χ3v) is 5.67. The molecule has 3 rings (SSSR count). The van der Waals surface area contributed by atoms with Gasteiger partial charge >= 0.3 is 17.9 Å². The van der Waals surface area contributed by atoms with Gasteiger partial charge in [0.15, 0.2) is 5.69 Å². The molecule has 0 aliphatic carbocycles. The predicted octanol–water partition coefficient (Wildman–Crippen LogP) is 3.01. The Morgan fingerprint density at radius 2 is 1.69 bits per heavy atom. The number of carbonyl (C=O) groups is 4. The average Bonchev–Trinajstić information content (AvgIpc) is 2.96. The van der Waals surface area contributed by atoms with Crippen LogP contribution in [-0.2, 0) is 39.8 Å². The van der Waals surface area contributed by atoms with Gasteiger partial charge in [-0.1, -0.05) is 12.1 Å². The topological polar surface area (TPSA) is 108 Å². The Morgan fingerprint density at radius 3 is 2.29 bits per heavy atom. The molecule has 0 aromatic heterocycles. The summed E-state index contributed by atoms with van der Waals surface area (Å²) in [5, 5.41) is 0. The highest BCUT2D eigenvalue weighted by atomic mass is 16.6. The number of rotatable bonds is 6. The van der Waals surface area contributed by atoms with E-state index in [0.717, 1.165) is 12.7 Å². The van der Waals surface area contributed by atoms with Gasteiger partial charge in [0.2, 0.25) is 6.04 Å². The zero-order chi connectivity index (χ0) is 26.2. The van der Waals surface area contributed by atoms with Gasteiger partial charge in [0.25, 0.3) is 5.78 Å². The fourth-order valence-electron chi connectivity index (χ4n) is 4.46. The Kier molecular flexibility index (Phi) is 7.04. The summed E-state index contributed by atoms with van der Waals surface area (Å²) in [4.78, 5) is 55.2. The van der Waals surface area contributed by atoms with E-state index in [0.29, 0.717) is 17.7 Å². The molecule has 1 aromatic rings. The predicted molar refractivity (Wildman–Crippen MR) is 130 cm³/mol. The minimum Gasteiger partial charge on any atom is -0.463 e. The first-order valence-corrected chi connectivity index (χ1v) is 11.5. The fraction of sp³-hybridized carbons (Fsp3) is 0.500. The lowest BCUT2D eigenvalue weighted by Gasteiger charge is -2.36. The van der Waals surface area contributed by atoms with Crippen molar-refractivity contribution in [2.45, 2.75) is 71.6 Å². The molecule has 2 heterocycles. The first kappa shape index (κ1) is 26.3. The second kappa shape index (κ2) is 9.37. The van der Waals surface area contributed by atoms with Crippen LogP contribution in [0.5, 0.6) is 0 Å².